The van der Waals surface area contributed by atoms with E-state index < -0.39 is 12.6 Å². The lowest BCUT2D eigenvalue weighted by Crippen LogP contribution is -2.07. The van der Waals surface area contributed by atoms with Crippen molar-refractivity contribution in [2.75, 3.05) is 0 Å². The summed E-state index contributed by atoms with van der Waals surface area (Å²) >= 11 is 0. The van der Waals surface area contributed by atoms with Gasteiger partial charge in [0.2, 0.25) is 0 Å². The van der Waals surface area contributed by atoms with Gasteiger partial charge in [0.05, 0.1) is 0 Å². The first-order valence-electron chi connectivity index (χ1n) is 4.18. The third-order valence-corrected chi connectivity index (χ3v) is 1.77. The van der Waals surface area contributed by atoms with E-state index in [-0.39, 0.29) is 6.42 Å². The average Bonchev–Trinajstić information content (AvgIpc) is 2.04. The Morgan fingerprint density at radius 3 is 2.15 bits per heavy atom. The maximum Gasteiger partial charge on any atom is 0.389 e. The first-order valence-corrected chi connectivity index (χ1v) is 4.18. The fourth-order valence-electron chi connectivity index (χ4n) is 1.14. The number of hydrogen-bond donors (Lipinski definition) is 0. The molecule has 1 rings (SSSR count). The van der Waals surface area contributed by atoms with Crippen molar-refractivity contribution in [1.29, 1.82) is 0 Å². The molecule has 72 valence electrons. The standard InChI is InChI=1S/C10H11F3/c11-10(12,13)8-4-7-9-5-2-1-3-6-9/h1-3,5-6H,4,7-8H2. The summed E-state index contributed by atoms with van der Waals surface area (Å²) in [5.41, 5.74) is 0.965. The first-order chi connectivity index (χ1) is 6.08. The van der Waals surface area contributed by atoms with Crippen LogP contribution in [0.2, 0.25) is 0 Å². The van der Waals surface area contributed by atoms with Crippen molar-refractivity contribution in [2.45, 2.75) is 25.4 Å². The van der Waals surface area contributed by atoms with Crippen molar-refractivity contribution < 1.29 is 13.2 Å². The molecule has 1 aromatic carbocycles. The number of aryl methyl sites for hydroxylation is 1. The molecule has 0 N–H and O–H groups in total. The van der Waals surface area contributed by atoms with Gasteiger partial charge in [-0.3, -0.25) is 0 Å². The number of benzene rings is 1. The zero-order valence-electron chi connectivity index (χ0n) is 7.14. The van der Waals surface area contributed by atoms with Gasteiger partial charge in [-0.25, -0.2) is 0 Å². The van der Waals surface area contributed by atoms with Crippen LogP contribution >= 0.6 is 0 Å². The first kappa shape index (κ1) is 10.1. The van der Waals surface area contributed by atoms with Crippen molar-refractivity contribution in [1.82, 2.24) is 0 Å². The van der Waals surface area contributed by atoms with E-state index in [1.807, 2.05) is 30.3 Å². The van der Waals surface area contributed by atoms with Crippen LogP contribution in [-0.2, 0) is 6.42 Å². The van der Waals surface area contributed by atoms with Crippen LogP contribution in [0.3, 0.4) is 0 Å². The molecule has 0 aliphatic heterocycles. The third kappa shape index (κ3) is 4.55. The molecule has 0 radical (unpaired) electrons. The van der Waals surface area contributed by atoms with Crippen LogP contribution in [0.25, 0.3) is 0 Å². The number of alkyl halides is 3. The zero-order chi connectivity index (χ0) is 9.73. The van der Waals surface area contributed by atoms with Gasteiger partial charge in [0, 0.05) is 6.42 Å². The molecule has 0 bridgehead atoms. The number of halogens is 3. The Balaban J connectivity index is 2.29. The zero-order valence-corrected chi connectivity index (χ0v) is 7.14. The Labute approximate surface area is 75.4 Å². The van der Waals surface area contributed by atoms with E-state index in [1.165, 1.54) is 0 Å². The lowest BCUT2D eigenvalue weighted by Gasteiger charge is -2.05. The monoisotopic (exact) mass is 188 g/mol. The minimum Gasteiger partial charge on any atom is -0.171 e. The molecule has 0 spiro atoms. The highest BCUT2D eigenvalue weighted by Crippen LogP contribution is 2.22. The van der Waals surface area contributed by atoms with E-state index in [4.69, 9.17) is 0 Å². The van der Waals surface area contributed by atoms with Crippen LogP contribution in [0.4, 0.5) is 13.2 Å². The van der Waals surface area contributed by atoms with E-state index in [1.54, 1.807) is 0 Å². The van der Waals surface area contributed by atoms with Crippen molar-refractivity contribution >= 4 is 0 Å². The van der Waals surface area contributed by atoms with Gasteiger partial charge in [0.1, 0.15) is 0 Å². The topological polar surface area (TPSA) is 0 Å². The van der Waals surface area contributed by atoms with Crippen LogP contribution in [-0.4, -0.2) is 6.18 Å². The van der Waals surface area contributed by atoms with Gasteiger partial charge in [0.25, 0.3) is 0 Å². The minimum absolute atomic E-state index is 0.174. The Bertz CT molecular complexity index is 238. The summed E-state index contributed by atoms with van der Waals surface area (Å²) < 4.78 is 35.3. The summed E-state index contributed by atoms with van der Waals surface area (Å²) in [6.07, 6.45) is -4.04. The fourth-order valence-corrected chi connectivity index (χ4v) is 1.14. The Morgan fingerprint density at radius 2 is 1.62 bits per heavy atom. The second-order valence-electron chi connectivity index (χ2n) is 2.95. The van der Waals surface area contributed by atoms with E-state index in [0.717, 1.165) is 5.56 Å². The molecule has 0 nitrogen and oxygen atoms in total. The SMILES string of the molecule is FC(F)(F)CCCc1ccccc1. The molecule has 0 aliphatic rings. The fraction of sp³-hybridized carbons (Fsp3) is 0.400. The van der Waals surface area contributed by atoms with Gasteiger partial charge in [-0.15, -0.1) is 0 Å². The van der Waals surface area contributed by atoms with Crippen molar-refractivity contribution in [3.05, 3.63) is 35.9 Å². The molecule has 0 fully saturated rings. The largest absolute Gasteiger partial charge is 0.389 e. The molecule has 0 unspecified atom stereocenters. The molecule has 1 aromatic rings. The minimum atomic E-state index is -4.02. The van der Waals surface area contributed by atoms with E-state index in [2.05, 4.69) is 0 Å². The van der Waals surface area contributed by atoms with Crippen LogP contribution in [0, 0.1) is 0 Å². The maximum atomic E-state index is 11.8. The smallest absolute Gasteiger partial charge is 0.171 e. The summed E-state index contributed by atoms with van der Waals surface area (Å²) in [5, 5.41) is 0. The maximum absolute atomic E-state index is 11.8. The summed E-state index contributed by atoms with van der Waals surface area (Å²) in [4.78, 5) is 0. The molecular formula is C10H11F3. The Hall–Kier alpha value is -0.990. The molecular weight excluding hydrogens is 177 g/mol. The Morgan fingerprint density at radius 1 is 1.00 bits per heavy atom. The predicted molar refractivity (Wildman–Crippen MR) is 45.4 cm³/mol. The second kappa shape index (κ2) is 4.30. The molecule has 0 amide bonds. The number of hydrogen-bond acceptors (Lipinski definition) is 0. The summed E-state index contributed by atoms with van der Waals surface area (Å²) in [6, 6.07) is 9.21. The van der Waals surface area contributed by atoms with Crippen LogP contribution in [0.5, 0.6) is 0 Å². The van der Waals surface area contributed by atoms with E-state index >= 15 is 0 Å². The quantitative estimate of drug-likeness (QED) is 0.680. The third-order valence-electron chi connectivity index (χ3n) is 1.77. The van der Waals surface area contributed by atoms with Crippen molar-refractivity contribution in [3.63, 3.8) is 0 Å². The molecule has 3 heteroatoms. The Kier molecular flexibility index (Phi) is 3.34. The number of rotatable bonds is 3. The molecule has 13 heavy (non-hydrogen) atoms. The molecule has 0 atom stereocenters. The van der Waals surface area contributed by atoms with Crippen LogP contribution in [0.1, 0.15) is 18.4 Å². The van der Waals surface area contributed by atoms with Gasteiger partial charge >= 0.3 is 6.18 Å². The van der Waals surface area contributed by atoms with Gasteiger partial charge in [-0.2, -0.15) is 13.2 Å². The molecule has 0 aromatic heterocycles. The van der Waals surface area contributed by atoms with E-state index in [0.29, 0.717) is 6.42 Å². The summed E-state index contributed by atoms with van der Waals surface area (Å²) in [5.74, 6) is 0. The summed E-state index contributed by atoms with van der Waals surface area (Å²) in [6.45, 7) is 0. The van der Waals surface area contributed by atoms with Gasteiger partial charge in [-0.1, -0.05) is 30.3 Å². The predicted octanol–water partition coefficient (Wildman–Crippen LogP) is 3.57. The van der Waals surface area contributed by atoms with Crippen molar-refractivity contribution in [2.24, 2.45) is 0 Å². The molecule has 0 saturated heterocycles. The van der Waals surface area contributed by atoms with Gasteiger partial charge in [-0.05, 0) is 18.4 Å². The normalized spacial score (nSPS) is 11.6. The van der Waals surface area contributed by atoms with Crippen molar-refractivity contribution in [3.8, 4) is 0 Å². The highest BCUT2D eigenvalue weighted by atomic mass is 19.4. The molecule has 0 saturated carbocycles. The molecule has 0 heterocycles. The lowest BCUT2D eigenvalue weighted by atomic mass is 10.1. The highest BCUT2D eigenvalue weighted by molar-refractivity contribution is 5.14. The van der Waals surface area contributed by atoms with Gasteiger partial charge < -0.3 is 0 Å². The highest BCUT2D eigenvalue weighted by Gasteiger charge is 2.25. The molecule has 0 aliphatic carbocycles. The summed E-state index contributed by atoms with van der Waals surface area (Å²) in [7, 11) is 0. The second-order valence-corrected chi connectivity index (χ2v) is 2.95. The lowest BCUT2D eigenvalue weighted by molar-refractivity contribution is -0.135. The van der Waals surface area contributed by atoms with E-state index in [9.17, 15) is 13.2 Å². The van der Waals surface area contributed by atoms with Crippen LogP contribution in [0.15, 0.2) is 30.3 Å². The average molecular weight is 188 g/mol. The van der Waals surface area contributed by atoms with Gasteiger partial charge in [0.15, 0.2) is 0 Å². The van der Waals surface area contributed by atoms with Crippen LogP contribution < -0.4 is 0 Å².